The lowest BCUT2D eigenvalue weighted by Crippen LogP contribution is -2.57. The van der Waals surface area contributed by atoms with Gasteiger partial charge in [0.25, 0.3) is 5.91 Å². The van der Waals surface area contributed by atoms with Crippen molar-refractivity contribution in [3.63, 3.8) is 0 Å². The molecule has 2 amide bonds. The topological polar surface area (TPSA) is 61.9 Å². The monoisotopic (exact) mass is 357 g/mol. The van der Waals surface area contributed by atoms with Crippen LogP contribution in [0.5, 0.6) is 0 Å². The fourth-order valence-corrected chi connectivity index (χ4v) is 2.85. The number of carbonyl (C=O) groups is 2. The number of nitrogens with zero attached hydrogens (tertiary/aromatic N) is 2. The lowest BCUT2D eigenvalue weighted by atomic mass is 10.1. The molecule has 0 aromatic heterocycles. The number of nitrogens with one attached hydrogen (secondary N) is 1. The molecule has 6 nitrogen and oxygen atoms in total. The van der Waals surface area contributed by atoms with Crippen LogP contribution in [0.1, 0.15) is 10.4 Å². The summed E-state index contributed by atoms with van der Waals surface area (Å²) in [7, 11) is 0. The first kappa shape index (κ1) is 18.6. The van der Waals surface area contributed by atoms with E-state index in [-0.39, 0.29) is 36.1 Å². The van der Waals surface area contributed by atoms with E-state index in [0.717, 1.165) is 0 Å². The Morgan fingerprint density at radius 1 is 1.08 bits per heavy atom. The zero-order chi connectivity index (χ0) is 16.2. The maximum Gasteiger partial charge on any atom is 0.253 e. The third kappa shape index (κ3) is 4.23. The van der Waals surface area contributed by atoms with Crippen molar-refractivity contribution in [1.29, 1.82) is 0 Å². The zero-order valence-corrected chi connectivity index (χ0v) is 14.1. The third-order valence-corrected chi connectivity index (χ3v) is 4.19. The van der Waals surface area contributed by atoms with Crippen LogP contribution in [0.25, 0.3) is 0 Å². The summed E-state index contributed by atoms with van der Waals surface area (Å²) in [6, 6.07) is 5.24. The molecule has 132 valence electrons. The molecule has 1 aromatic rings. The standard InChI is InChI=1S/C16H20FN3O3.ClH/c17-13-3-1-12(2-4-13)15(21)19-6-8-20(9-7-19)16(22)14-11-23-10-5-18-14;/h1-4,14,18H,5-11H2;1H. The number of carbonyl (C=O) groups excluding carboxylic acids is 2. The van der Waals surface area contributed by atoms with Gasteiger partial charge in [-0.25, -0.2) is 4.39 Å². The van der Waals surface area contributed by atoms with Crippen molar-refractivity contribution in [2.24, 2.45) is 0 Å². The van der Waals surface area contributed by atoms with Gasteiger partial charge < -0.3 is 19.9 Å². The molecule has 0 bridgehead atoms. The normalized spacial score (nSPS) is 21.1. The molecule has 2 saturated heterocycles. The van der Waals surface area contributed by atoms with Gasteiger partial charge in [0, 0.05) is 38.3 Å². The van der Waals surface area contributed by atoms with Crippen LogP contribution >= 0.6 is 12.4 Å². The summed E-state index contributed by atoms with van der Waals surface area (Å²) in [5, 5.41) is 3.15. The number of morpholine rings is 1. The van der Waals surface area contributed by atoms with Crippen LogP contribution in [0.3, 0.4) is 0 Å². The molecule has 8 heteroatoms. The number of hydrogen-bond acceptors (Lipinski definition) is 4. The molecule has 3 rings (SSSR count). The summed E-state index contributed by atoms with van der Waals surface area (Å²) in [6.07, 6.45) is 0. The fraction of sp³-hybridized carbons (Fsp3) is 0.500. The van der Waals surface area contributed by atoms with Crippen LogP contribution in [0.4, 0.5) is 4.39 Å². The Morgan fingerprint density at radius 3 is 2.29 bits per heavy atom. The second kappa shape index (κ2) is 8.41. The average molecular weight is 358 g/mol. The van der Waals surface area contributed by atoms with Crippen LogP contribution in [-0.4, -0.2) is 73.6 Å². The maximum absolute atomic E-state index is 12.9. The summed E-state index contributed by atoms with van der Waals surface area (Å²) in [6.45, 7) is 3.68. The summed E-state index contributed by atoms with van der Waals surface area (Å²) in [5.74, 6) is -0.464. The van der Waals surface area contributed by atoms with Crippen LogP contribution in [0.2, 0.25) is 0 Å². The summed E-state index contributed by atoms with van der Waals surface area (Å²) < 4.78 is 18.2. The Labute approximate surface area is 146 Å². The van der Waals surface area contributed by atoms with E-state index in [9.17, 15) is 14.0 Å². The molecule has 0 spiro atoms. The number of ether oxygens (including phenoxy) is 1. The first-order valence-corrected chi connectivity index (χ1v) is 7.80. The molecule has 1 atom stereocenters. The Morgan fingerprint density at radius 2 is 1.71 bits per heavy atom. The van der Waals surface area contributed by atoms with Gasteiger partial charge in [-0.15, -0.1) is 12.4 Å². The first-order valence-electron chi connectivity index (χ1n) is 7.80. The van der Waals surface area contributed by atoms with E-state index in [4.69, 9.17) is 4.74 Å². The molecule has 2 aliphatic heterocycles. The Bertz CT molecular complexity index is 570. The van der Waals surface area contributed by atoms with Crippen LogP contribution in [0.15, 0.2) is 24.3 Å². The summed E-state index contributed by atoms with van der Waals surface area (Å²) in [5.41, 5.74) is 0.466. The van der Waals surface area contributed by atoms with E-state index >= 15 is 0 Å². The van der Waals surface area contributed by atoms with Gasteiger partial charge in [0.1, 0.15) is 11.9 Å². The minimum absolute atomic E-state index is 0. The van der Waals surface area contributed by atoms with Crippen LogP contribution < -0.4 is 5.32 Å². The molecule has 24 heavy (non-hydrogen) atoms. The maximum atomic E-state index is 12.9. The van der Waals surface area contributed by atoms with Gasteiger partial charge in [-0.3, -0.25) is 9.59 Å². The molecule has 0 radical (unpaired) electrons. The molecule has 1 unspecified atom stereocenters. The van der Waals surface area contributed by atoms with Crippen molar-refractivity contribution in [1.82, 2.24) is 15.1 Å². The number of benzene rings is 1. The Hall–Kier alpha value is -1.70. The molecular weight excluding hydrogens is 337 g/mol. The van der Waals surface area contributed by atoms with E-state index in [1.165, 1.54) is 24.3 Å². The molecule has 1 aromatic carbocycles. The van der Waals surface area contributed by atoms with E-state index in [0.29, 0.717) is 51.5 Å². The van der Waals surface area contributed by atoms with Crippen molar-refractivity contribution in [3.05, 3.63) is 35.6 Å². The van der Waals surface area contributed by atoms with E-state index < -0.39 is 0 Å². The van der Waals surface area contributed by atoms with Gasteiger partial charge in [-0.2, -0.15) is 0 Å². The summed E-state index contributed by atoms with van der Waals surface area (Å²) in [4.78, 5) is 28.2. The largest absolute Gasteiger partial charge is 0.378 e. The first-order chi connectivity index (χ1) is 11.1. The second-order valence-corrected chi connectivity index (χ2v) is 5.71. The van der Waals surface area contributed by atoms with Gasteiger partial charge in [-0.05, 0) is 24.3 Å². The molecule has 2 fully saturated rings. The second-order valence-electron chi connectivity index (χ2n) is 5.71. The number of piperazine rings is 1. The number of rotatable bonds is 2. The van der Waals surface area contributed by atoms with Crippen LogP contribution in [-0.2, 0) is 9.53 Å². The molecule has 2 aliphatic rings. The fourth-order valence-electron chi connectivity index (χ4n) is 2.85. The van der Waals surface area contributed by atoms with Crippen molar-refractivity contribution < 1.29 is 18.7 Å². The van der Waals surface area contributed by atoms with Crippen molar-refractivity contribution >= 4 is 24.2 Å². The highest BCUT2D eigenvalue weighted by molar-refractivity contribution is 5.94. The molecule has 0 saturated carbocycles. The van der Waals surface area contributed by atoms with E-state index in [1.807, 2.05) is 0 Å². The minimum Gasteiger partial charge on any atom is -0.378 e. The molecule has 1 N–H and O–H groups in total. The predicted molar refractivity (Wildman–Crippen MR) is 88.7 cm³/mol. The molecule has 0 aliphatic carbocycles. The minimum atomic E-state index is -0.362. The van der Waals surface area contributed by atoms with Crippen molar-refractivity contribution in [3.8, 4) is 0 Å². The lowest BCUT2D eigenvalue weighted by Gasteiger charge is -2.37. The van der Waals surface area contributed by atoms with E-state index in [2.05, 4.69) is 5.32 Å². The quantitative estimate of drug-likeness (QED) is 0.838. The average Bonchev–Trinajstić information content (AvgIpc) is 2.62. The summed E-state index contributed by atoms with van der Waals surface area (Å²) >= 11 is 0. The van der Waals surface area contributed by atoms with Crippen LogP contribution in [0, 0.1) is 5.82 Å². The smallest absolute Gasteiger partial charge is 0.253 e. The zero-order valence-electron chi connectivity index (χ0n) is 13.2. The highest BCUT2D eigenvalue weighted by Crippen LogP contribution is 2.11. The van der Waals surface area contributed by atoms with Gasteiger partial charge in [-0.1, -0.05) is 0 Å². The Balaban J connectivity index is 0.00000208. The highest BCUT2D eigenvalue weighted by Gasteiger charge is 2.30. The molecular formula is C16H21ClFN3O3. The van der Waals surface area contributed by atoms with E-state index in [1.54, 1.807) is 9.80 Å². The number of hydrogen-bond donors (Lipinski definition) is 1. The third-order valence-electron chi connectivity index (χ3n) is 4.19. The Kier molecular flexibility index (Phi) is 6.53. The number of halogens is 2. The SMILES string of the molecule is Cl.O=C(c1ccc(F)cc1)N1CCN(C(=O)C2COCCN2)CC1. The van der Waals surface area contributed by atoms with Gasteiger partial charge in [0.05, 0.1) is 13.2 Å². The van der Waals surface area contributed by atoms with Crippen molar-refractivity contribution in [2.45, 2.75) is 6.04 Å². The molecule has 2 heterocycles. The van der Waals surface area contributed by atoms with Crippen molar-refractivity contribution in [2.75, 3.05) is 45.9 Å². The highest BCUT2D eigenvalue weighted by atomic mass is 35.5. The van der Waals surface area contributed by atoms with Gasteiger partial charge in [0.15, 0.2) is 0 Å². The van der Waals surface area contributed by atoms with Gasteiger partial charge >= 0.3 is 0 Å². The lowest BCUT2D eigenvalue weighted by molar-refractivity contribution is -0.137. The number of amides is 2. The van der Waals surface area contributed by atoms with Gasteiger partial charge in [0.2, 0.25) is 5.91 Å². The predicted octanol–water partition coefficient (Wildman–Crippen LogP) is 0.520.